The van der Waals surface area contributed by atoms with Crippen molar-refractivity contribution >= 4 is 5.97 Å². The topological polar surface area (TPSA) is 48.3 Å². The first-order chi connectivity index (χ1) is 6.63. The molecule has 0 saturated carbocycles. The Hall–Kier alpha value is -1.65. The van der Waals surface area contributed by atoms with Crippen molar-refractivity contribution in [3.05, 3.63) is 34.5 Å². The van der Waals surface area contributed by atoms with Crippen LogP contribution in [-0.2, 0) is 16.1 Å². The van der Waals surface area contributed by atoms with Crippen LogP contribution in [-0.4, -0.2) is 17.1 Å². The van der Waals surface area contributed by atoms with Crippen LogP contribution in [0.5, 0.6) is 0 Å². The molecule has 0 saturated heterocycles. The van der Waals surface area contributed by atoms with Crippen molar-refractivity contribution in [2.75, 3.05) is 6.61 Å². The van der Waals surface area contributed by atoms with Gasteiger partial charge < -0.3 is 9.30 Å². The van der Waals surface area contributed by atoms with Gasteiger partial charge in [0.15, 0.2) is 0 Å². The largest absolute Gasteiger partial charge is 0.465 e. The molecule has 0 aliphatic rings. The van der Waals surface area contributed by atoms with Crippen molar-refractivity contribution in [1.82, 2.24) is 4.57 Å². The molecule has 0 radical (unpaired) electrons. The molecular formula is C9H10FNO3. The predicted molar refractivity (Wildman–Crippen MR) is 47.3 cm³/mol. The summed E-state index contributed by atoms with van der Waals surface area (Å²) in [4.78, 5) is 22.1. The number of halogens is 1. The van der Waals surface area contributed by atoms with Crippen molar-refractivity contribution in [1.29, 1.82) is 0 Å². The Kier molecular flexibility index (Phi) is 3.39. The van der Waals surface area contributed by atoms with Crippen LogP contribution in [0, 0.1) is 5.82 Å². The summed E-state index contributed by atoms with van der Waals surface area (Å²) in [6, 6.07) is 2.11. The smallest absolute Gasteiger partial charge is 0.326 e. The molecule has 0 aromatic carbocycles. The molecule has 1 heterocycles. The van der Waals surface area contributed by atoms with Crippen molar-refractivity contribution in [2.24, 2.45) is 0 Å². The maximum atomic E-state index is 12.7. The zero-order chi connectivity index (χ0) is 10.6. The highest BCUT2D eigenvalue weighted by atomic mass is 19.1. The van der Waals surface area contributed by atoms with Crippen molar-refractivity contribution in [3.8, 4) is 0 Å². The molecule has 4 nitrogen and oxygen atoms in total. The van der Waals surface area contributed by atoms with Gasteiger partial charge in [0.2, 0.25) is 0 Å². The van der Waals surface area contributed by atoms with Crippen LogP contribution in [0.15, 0.2) is 23.1 Å². The molecule has 0 bridgehead atoms. The lowest BCUT2D eigenvalue weighted by Crippen LogP contribution is -2.24. The molecule has 0 N–H and O–H groups in total. The van der Waals surface area contributed by atoms with Gasteiger partial charge in [-0.25, -0.2) is 4.39 Å². The van der Waals surface area contributed by atoms with Gasteiger partial charge in [-0.1, -0.05) is 0 Å². The van der Waals surface area contributed by atoms with Gasteiger partial charge in [-0.05, 0) is 13.0 Å². The highest BCUT2D eigenvalue weighted by Gasteiger charge is 2.05. The van der Waals surface area contributed by atoms with Gasteiger partial charge in [-0.3, -0.25) is 9.59 Å². The van der Waals surface area contributed by atoms with Crippen LogP contribution in [0.25, 0.3) is 0 Å². The van der Waals surface area contributed by atoms with E-state index in [1.54, 1.807) is 6.92 Å². The molecule has 1 rings (SSSR count). The Balaban J connectivity index is 2.81. The monoisotopic (exact) mass is 199 g/mol. The molecule has 0 aliphatic carbocycles. The van der Waals surface area contributed by atoms with E-state index in [1.165, 1.54) is 0 Å². The Labute approximate surface area is 79.9 Å². The molecule has 0 aliphatic heterocycles. The standard InChI is InChI=1S/C9H10FNO3/c1-2-14-9(13)6-11-5-7(10)3-4-8(11)12/h3-5H,2,6H2,1H3. The number of nitrogens with zero attached hydrogens (tertiary/aromatic N) is 1. The Morgan fingerprint density at radius 2 is 2.29 bits per heavy atom. The molecule has 0 amide bonds. The van der Waals surface area contributed by atoms with Crippen LogP contribution >= 0.6 is 0 Å². The number of rotatable bonds is 3. The average molecular weight is 199 g/mol. The molecule has 0 unspecified atom stereocenters. The number of carbonyl (C=O) groups excluding carboxylic acids is 1. The second-order valence-electron chi connectivity index (χ2n) is 2.62. The molecule has 14 heavy (non-hydrogen) atoms. The van der Waals surface area contributed by atoms with Crippen LogP contribution in [0.1, 0.15) is 6.92 Å². The van der Waals surface area contributed by atoms with Crippen molar-refractivity contribution in [3.63, 3.8) is 0 Å². The zero-order valence-electron chi connectivity index (χ0n) is 7.70. The Morgan fingerprint density at radius 1 is 1.57 bits per heavy atom. The Morgan fingerprint density at radius 3 is 2.93 bits per heavy atom. The van der Waals surface area contributed by atoms with E-state index in [2.05, 4.69) is 4.74 Å². The summed E-state index contributed by atoms with van der Waals surface area (Å²) in [6.07, 6.45) is 0.971. The maximum absolute atomic E-state index is 12.7. The second kappa shape index (κ2) is 4.55. The van der Waals surface area contributed by atoms with Crippen LogP contribution in [0.2, 0.25) is 0 Å². The van der Waals surface area contributed by atoms with Crippen LogP contribution < -0.4 is 5.56 Å². The van der Waals surface area contributed by atoms with E-state index >= 15 is 0 Å². The summed E-state index contributed by atoms with van der Waals surface area (Å²) in [7, 11) is 0. The van der Waals surface area contributed by atoms with Crippen molar-refractivity contribution < 1.29 is 13.9 Å². The fraction of sp³-hybridized carbons (Fsp3) is 0.333. The van der Waals surface area contributed by atoms with Gasteiger partial charge in [0, 0.05) is 12.3 Å². The first-order valence-electron chi connectivity index (χ1n) is 4.15. The lowest BCUT2D eigenvalue weighted by atomic mass is 10.4. The van der Waals surface area contributed by atoms with Crippen LogP contribution in [0.3, 0.4) is 0 Å². The van der Waals surface area contributed by atoms with Gasteiger partial charge in [0.1, 0.15) is 12.4 Å². The van der Waals surface area contributed by atoms with E-state index in [-0.39, 0.29) is 13.2 Å². The fourth-order valence-corrected chi connectivity index (χ4v) is 0.971. The van der Waals surface area contributed by atoms with E-state index < -0.39 is 17.3 Å². The van der Waals surface area contributed by atoms with Gasteiger partial charge in [-0.2, -0.15) is 0 Å². The molecular weight excluding hydrogens is 189 g/mol. The van der Waals surface area contributed by atoms with Gasteiger partial charge in [-0.15, -0.1) is 0 Å². The third-order valence-corrected chi connectivity index (χ3v) is 1.55. The minimum absolute atomic E-state index is 0.239. The minimum Gasteiger partial charge on any atom is -0.465 e. The Bertz CT molecular complexity index is 386. The molecule has 0 atom stereocenters. The summed E-state index contributed by atoms with van der Waals surface area (Å²) in [5.74, 6) is -1.12. The fourth-order valence-electron chi connectivity index (χ4n) is 0.971. The van der Waals surface area contributed by atoms with E-state index in [1.807, 2.05) is 0 Å². The predicted octanol–water partition coefficient (Wildman–Crippen LogP) is 0.551. The SMILES string of the molecule is CCOC(=O)Cn1cc(F)ccc1=O. The first-order valence-corrected chi connectivity index (χ1v) is 4.15. The van der Waals surface area contributed by atoms with Crippen molar-refractivity contribution in [2.45, 2.75) is 13.5 Å². The summed E-state index contributed by atoms with van der Waals surface area (Å²) in [5.41, 5.74) is -0.431. The zero-order valence-corrected chi connectivity index (χ0v) is 7.70. The summed E-state index contributed by atoms with van der Waals surface area (Å²) in [5, 5.41) is 0. The number of pyridine rings is 1. The minimum atomic E-state index is -0.561. The average Bonchev–Trinajstić information content (AvgIpc) is 2.12. The second-order valence-corrected chi connectivity index (χ2v) is 2.62. The number of hydrogen-bond donors (Lipinski definition) is 0. The number of hydrogen-bond acceptors (Lipinski definition) is 3. The van der Waals surface area contributed by atoms with E-state index in [4.69, 9.17) is 0 Å². The normalized spacial score (nSPS) is 9.86. The van der Waals surface area contributed by atoms with Gasteiger partial charge in [0.25, 0.3) is 5.56 Å². The van der Waals surface area contributed by atoms with Gasteiger partial charge >= 0.3 is 5.97 Å². The first kappa shape index (κ1) is 10.4. The number of ether oxygens (including phenoxy) is 1. The summed E-state index contributed by atoms with van der Waals surface area (Å²) < 4.78 is 18.3. The molecule has 1 aromatic heterocycles. The van der Waals surface area contributed by atoms with E-state index in [9.17, 15) is 14.0 Å². The van der Waals surface area contributed by atoms with E-state index in [0.29, 0.717) is 0 Å². The van der Waals surface area contributed by atoms with Crippen LogP contribution in [0.4, 0.5) is 4.39 Å². The molecule has 5 heteroatoms. The number of carbonyl (C=O) groups is 1. The lowest BCUT2D eigenvalue weighted by molar-refractivity contribution is -0.143. The summed E-state index contributed by atoms with van der Waals surface area (Å²) in [6.45, 7) is 1.64. The highest BCUT2D eigenvalue weighted by molar-refractivity contribution is 5.69. The van der Waals surface area contributed by atoms with Gasteiger partial charge in [0.05, 0.1) is 6.61 Å². The molecule has 0 fully saturated rings. The van der Waals surface area contributed by atoms with E-state index in [0.717, 1.165) is 22.9 Å². The maximum Gasteiger partial charge on any atom is 0.326 e. The lowest BCUT2D eigenvalue weighted by Gasteiger charge is -2.04. The molecule has 76 valence electrons. The number of esters is 1. The highest BCUT2D eigenvalue weighted by Crippen LogP contribution is 1.92. The quantitative estimate of drug-likeness (QED) is 0.668. The molecule has 0 spiro atoms. The summed E-state index contributed by atoms with van der Waals surface area (Å²) >= 11 is 0. The molecule has 1 aromatic rings. The number of aromatic nitrogens is 1. The third-order valence-electron chi connectivity index (χ3n) is 1.55. The third kappa shape index (κ3) is 2.69.